The van der Waals surface area contributed by atoms with Gasteiger partial charge in [-0.25, -0.2) is 14.4 Å². The number of benzene rings is 2. The molecule has 2 bridgehead atoms. The number of carbonyl (C=O) groups is 5. The average molecular weight is 891 g/mol. The van der Waals surface area contributed by atoms with Crippen molar-refractivity contribution in [1.82, 2.24) is 10.2 Å². The molecule has 5 aliphatic rings. The van der Waals surface area contributed by atoms with Crippen molar-refractivity contribution in [3.05, 3.63) is 82.9 Å². The number of rotatable bonds is 10. The van der Waals surface area contributed by atoms with Crippen LogP contribution in [0, 0.1) is 16.7 Å². The Labute approximate surface area is 373 Å². The molecule has 7 rings (SSSR count). The normalized spacial score (nSPS) is 33.4. The molecule has 64 heavy (non-hydrogen) atoms. The van der Waals surface area contributed by atoms with Crippen molar-refractivity contribution in [2.24, 2.45) is 16.7 Å². The predicted octanol–water partition coefficient (Wildman–Crippen LogP) is 3.73. The first-order valence-corrected chi connectivity index (χ1v) is 22.1. The van der Waals surface area contributed by atoms with Crippen LogP contribution in [0.4, 0.5) is 4.79 Å². The molecule has 3 aliphatic carbocycles. The van der Waals surface area contributed by atoms with Gasteiger partial charge in [-0.1, -0.05) is 68.8 Å². The van der Waals surface area contributed by atoms with Crippen molar-refractivity contribution in [2.75, 3.05) is 26.2 Å². The summed E-state index contributed by atoms with van der Waals surface area (Å²) in [7, 11) is 0. The molecule has 11 atom stereocenters. The van der Waals surface area contributed by atoms with E-state index in [1.807, 2.05) is 4.90 Å². The van der Waals surface area contributed by atoms with Gasteiger partial charge in [-0.2, -0.15) is 0 Å². The maximum absolute atomic E-state index is 15.0. The van der Waals surface area contributed by atoms with Crippen LogP contribution in [0.3, 0.4) is 0 Å². The number of carbonyl (C=O) groups excluding carboxylic acids is 5. The van der Waals surface area contributed by atoms with Crippen molar-refractivity contribution in [3.63, 3.8) is 0 Å². The van der Waals surface area contributed by atoms with Crippen LogP contribution in [-0.2, 0) is 38.1 Å². The Morgan fingerprint density at radius 3 is 2.14 bits per heavy atom. The second-order valence-electron chi connectivity index (χ2n) is 19.8. The van der Waals surface area contributed by atoms with Crippen LogP contribution in [0.2, 0.25) is 0 Å². The van der Waals surface area contributed by atoms with Crippen molar-refractivity contribution in [2.45, 2.75) is 140 Å². The smallest absolute Gasteiger partial charge is 0.408 e. The molecule has 2 aliphatic heterocycles. The van der Waals surface area contributed by atoms with E-state index in [-0.39, 0.29) is 36.3 Å². The fraction of sp³-hybridized carbons (Fsp3) is 0.604. The summed E-state index contributed by atoms with van der Waals surface area (Å²) < 4.78 is 29.9. The van der Waals surface area contributed by atoms with Crippen molar-refractivity contribution >= 4 is 29.8 Å². The molecular formula is C48H62N2O14. The zero-order chi connectivity index (χ0) is 46.6. The number of aliphatic hydroxyl groups excluding tert-OH is 2. The van der Waals surface area contributed by atoms with Crippen LogP contribution in [0.1, 0.15) is 103 Å². The first kappa shape index (κ1) is 47.3. The predicted molar refractivity (Wildman–Crippen MR) is 228 cm³/mol. The third-order valence-electron chi connectivity index (χ3n) is 14.3. The van der Waals surface area contributed by atoms with E-state index in [4.69, 9.17) is 23.7 Å². The molecule has 0 spiro atoms. The van der Waals surface area contributed by atoms with Crippen LogP contribution in [-0.4, -0.2) is 135 Å². The van der Waals surface area contributed by atoms with Crippen LogP contribution in [0.5, 0.6) is 0 Å². The average Bonchev–Trinajstić information content (AvgIpc) is 3.24. The molecule has 4 fully saturated rings. The van der Waals surface area contributed by atoms with Gasteiger partial charge in [0.05, 0.1) is 36.3 Å². The van der Waals surface area contributed by atoms with E-state index < -0.39 is 112 Å². The Kier molecular flexibility index (Phi) is 13.0. The number of hydrogen-bond donors (Lipinski definition) is 5. The number of piperidine rings is 1. The summed E-state index contributed by atoms with van der Waals surface area (Å²) in [5.74, 6) is -5.29. The second kappa shape index (κ2) is 17.6. The molecule has 0 aromatic heterocycles. The number of alkyl carbamates (subject to hydrolysis) is 1. The Bertz CT molecular complexity index is 2130. The summed E-state index contributed by atoms with van der Waals surface area (Å²) in [5, 5.41) is 52.7. The summed E-state index contributed by atoms with van der Waals surface area (Å²) in [6.07, 6.45) is -8.53. The van der Waals surface area contributed by atoms with Crippen molar-refractivity contribution in [1.29, 1.82) is 0 Å². The molecule has 348 valence electrons. The van der Waals surface area contributed by atoms with Gasteiger partial charge < -0.3 is 49.4 Å². The molecule has 2 heterocycles. The summed E-state index contributed by atoms with van der Waals surface area (Å²) in [5.41, 5.74) is -8.30. The lowest BCUT2D eigenvalue weighted by atomic mass is 9.44. The monoisotopic (exact) mass is 890 g/mol. The molecule has 2 aromatic rings. The van der Waals surface area contributed by atoms with Gasteiger partial charge in [0.1, 0.15) is 41.2 Å². The van der Waals surface area contributed by atoms with E-state index >= 15 is 0 Å². The molecule has 16 nitrogen and oxygen atoms in total. The van der Waals surface area contributed by atoms with Crippen LogP contribution in [0.15, 0.2) is 71.8 Å². The number of nitrogens with zero attached hydrogens (tertiary/aromatic N) is 1. The standard InChI is InChI=1S/C48H62N2O14/c1-27-30(61-42(56)37(62-33(52)25-50-21-15-10-16-22-50)35(28-17-11-8-12-18-28)49-43(57)64-44(2,3)4)24-48(59)40(63-41(55)29-19-13-9-14-20-29)38-46(7,31(51)23-32-47(38,58)26-60-32)39(54)36(53)34(27)45(48,5)6/h8-9,11-14,17-20,30-32,35-38,40,51,53,58-59H,10,15-16,21-26H2,1-7H3,(H,49,57)/t30-,31-,32+,35-,36+,37+,38?,40-,46+,47-,48+/m0/s1. The minimum atomic E-state index is -2.36. The Morgan fingerprint density at radius 1 is 0.922 bits per heavy atom. The van der Waals surface area contributed by atoms with Gasteiger partial charge in [-0.15, -0.1) is 0 Å². The molecule has 0 radical (unpaired) electrons. The minimum absolute atomic E-state index is 0.0548. The number of amides is 1. The molecule has 5 N–H and O–H groups in total. The summed E-state index contributed by atoms with van der Waals surface area (Å²) in [6.45, 7) is 11.8. The van der Waals surface area contributed by atoms with Gasteiger partial charge in [0, 0.05) is 24.2 Å². The minimum Gasteiger partial charge on any atom is -0.455 e. The highest BCUT2D eigenvalue weighted by Gasteiger charge is 2.76. The molecule has 16 heteroatoms. The van der Waals surface area contributed by atoms with Crippen LogP contribution < -0.4 is 5.32 Å². The second-order valence-corrected chi connectivity index (χ2v) is 19.8. The maximum Gasteiger partial charge on any atom is 0.408 e. The van der Waals surface area contributed by atoms with E-state index in [1.165, 1.54) is 26.0 Å². The number of ketones is 1. The first-order valence-electron chi connectivity index (χ1n) is 22.1. The van der Waals surface area contributed by atoms with Crippen LogP contribution in [0.25, 0.3) is 0 Å². The SMILES string of the molecule is CC1=C2[C@@H](O)C(=O)[C@@]3(C)C([C@H](OC(=O)c4ccccc4)[C@](O)(C[C@@H]1OC(=O)[C@H](OC(=O)CN1CCCCC1)[C@@H](NC(=O)OC(C)(C)C)c1ccccc1)C2(C)C)[C@]1(O)CO[C@@H]1C[C@@H]3O. The fourth-order valence-corrected chi connectivity index (χ4v) is 10.7. The lowest BCUT2D eigenvalue weighted by molar-refractivity contribution is -0.343. The third-order valence-corrected chi connectivity index (χ3v) is 14.3. The Balaban J connectivity index is 1.33. The number of ether oxygens (including phenoxy) is 5. The van der Waals surface area contributed by atoms with Gasteiger partial charge in [-0.05, 0) is 89.4 Å². The lowest BCUT2D eigenvalue weighted by Crippen LogP contribution is -2.81. The summed E-state index contributed by atoms with van der Waals surface area (Å²) >= 11 is 0. The van der Waals surface area contributed by atoms with E-state index in [0.29, 0.717) is 18.7 Å². The molecule has 2 saturated heterocycles. The largest absolute Gasteiger partial charge is 0.455 e. The summed E-state index contributed by atoms with van der Waals surface area (Å²) in [6, 6.07) is 14.9. The highest BCUT2D eigenvalue weighted by molar-refractivity contribution is 5.94. The van der Waals surface area contributed by atoms with E-state index in [2.05, 4.69) is 5.32 Å². The molecule has 1 amide bonds. The van der Waals surface area contributed by atoms with Gasteiger partial charge in [-0.3, -0.25) is 14.5 Å². The number of fused-ring (bicyclic) bond motifs is 5. The molecule has 2 saturated carbocycles. The number of likely N-dealkylation sites (tertiary alicyclic amines) is 1. The first-order chi connectivity index (χ1) is 30.0. The zero-order valence-electron chi connectivity index (χ0n) is 37.6. The quantitative estimate of drug-likeness (QED) is 0.130. The van der Waals surface area contributed by atoms with Gasteiger partial charge in [0.15, 0.2) is 5.78 Å². The topological polar surface area (TPSA) is 228 Å². The van der Waals surface area contributed by atoms with E-state index in [0.717, 1.165) is 19.3 Å². The Morgan fingerprint density at radius 2 is 1.55 bits per heavy atom. The lowest BCUT2D eigenvalue weighted by Gasteiger charge is -2.66. The van der Waals surface area contributed by atoms with Crippen molar-refractivity contribution < 1.29 is 68.1 Å². The van der Waals surface area contributed by atoms with Gasteiger partial charge in [0.25, 0.3) is 0 Å². The maximum atomic E-state index is 15.0. The zero-order valence-corrected chi connectivity index (χ0v) is 37.6. The molecule has 1 unspecified atom stereocenters. The third kappa shape index (κ3) is 8.48. The fourth-order valence-electron chi connectivity index (χ4n) is 10.7. The molecule has 2 aromatic carbocycles. The number of Topliss-reactive ketones (excluding diaryl/α,β-unsaturated/α-hetero) is 1. The number of esters is 3. The summed E-state index contributed by atoms with van der Waals surface area (Å²) in [4.78, 5) is 73.2. The number of hydrogen-bond acceptors (Lipinski definition) is 15. The van der Waals surface area contributed by atoms with Crippen molar-refractivity contribution in [3.8, 4) is 0 Å². The Hall–Kier alpha value is -4.71. The van der Waals surface area contributed by atoms with E-state index in [9.17, 15) is 44.4 Å². The number of aliphatic hydroxyl groups is 4. The van der Waals surface area contributed by atoms with E-state index in [1.54, 1.807) is 83.1 Å². The van der Waals surface area contributed by atoms with Crippen LogP contribution >= 0.6 is 0 Å². The highest BCUT2D eigenvalue weighted by Crippen LogP contribution is 2.63. The highest BCUT2D eigenvalue weighted by atomic mass is 16.6. The number of nitrogens with one attached hydrogen (secondary N) is 1. The molecular weight excluding hydrogens is 829 g/mol. The van der Waals surface area contributed by atoms with Gasteiger partial charge >= 0.3 is 24.0 Å². The van der Waals surface area contributed by atoms with Gasteiger partial charge in [0.2, 0.25) is 6.10 Å².